The fourth-order valence-corrected chi connectivity index (χ4v) is 10.0. The van der Waals surface area contributed by atoms with E-state index in [9.17, 15) is 0 Å². The Morgan fingerprint density at radius 2 is 0.737 bits per heavy atom. The lowest BCUT2D eigenvalue weighted by Gasteiger charge is -2.36. The van der Waals surface area contributed by atoms with E-state index < -0.39 is 17.6 Å². The Morgan fingerprint density at radius 1 is 0.474 bits per heavy atom. The van der Waals surface area contributed by atoms with Crippen LogP contribution in [0, 0.1) is 0 Å². The summed E-state index contributed by atoms with van der Waals surface area (Å²) in [5.41, 5.74) is 0. The molecule has 0 rings (SSSR count). The normalized spacial score (nSPS) is 12.2. The molecule has 0 unspecified atom stereocenters. The first-order valence-corrected chi connectivity index (χ1v) is 19.5. The number of nitrogens with zero attached hydrogens (tertiary/aromatic N) is 2. The van der Waals surface area contributed by atoms with Gasteiger partial charge in [0.25, 0.3) is 0 Å². The van der Waals surface area contributed by atoms with E-state index in [1.54, 1.807) is 0 Å². The van der Waals surface area contributed by atoms with Gasteiger partial charge in [0, 0.05) is 77.9 Å². The highest BCUT2D eigenvalue weighted by molar-refractivity contribution is 7.80. The van der Waals surface area contributed by atoms with Gasteiger partial charge in [-0.25, -0.2) is 0 Å². The van der Waals surface area contributed by atoms with Gasteiger partial charge in [-0.1, -0.05) is 26.7 Å². The van der Waals surface area contributed by atoms with Crippen molar-refractivity contribution in [3.63, 3.8) is 0 Å². The summed E-state index contributed by atoms with van der Waals surface area (Å²) in [6, 6.07) is 1.56. The van der Waals surface area contributed by atoms with Crippen LogP contribution in [0.15, 0.2) is 0 Å². The second kappa shape index (κ2) is 23.6. The molecule has 0 atom stereocenters. The third-order valence-electron chi connectivity index (χ3n) is 6.11. The molecule has 0 bridgehead atoms. The molecule has 0 saturated carbocycles. The number of rotatable bonds is 26. The van der Waals surface area contributed by atoms with Gasteiger partial charge in [0.2, 0.25) is 0 Å². The molecule has 0 spiro atoms. The van der Waals surface area contributed by atoms with Crippen LogP contribution in [-0.4, -0.2) is 98.3 Å². The molecule has 8 nitrogen and oxygen atoms in total. The third-order valence-corrected chi connectivity index (χ3v) is 12.9. The zero-order valence-electron chi connectivity index (χ0n) is 26.0. The van der Waals surface area contributed by atoms with Crippen LogP contribution in [0.1, 0.15) is 93.9 Å². The summed E-state index contributed by atoms with van der Waals surface area (Å²) in [5.74, 6) is 0. The quantitative estimate of drug-likeness (QED) is 0.0839. The van der Waals surface area contributed by atoms with Crippen LogP contribution in [0.25, 0.3) is 0 Å². The third kappa shape index (κ3) is 15.0. The summed E-state index contributed by atoms with van der Waals surface area (Å²) in [4.78, 5) is 4.77. The fraction of sp³-hybridized carbons (Fsp3) is 0.963. The largest absolute Gasteiger partial charge is 0.500 e. The Labute approximate surface area is 242 Å². The van der Waals surface area contributed by atoms with Gasteiger partial charge in [0.05, 0.1) is 0 Å². The number of unbranched alkanes of at least 4 members (excludes halogenated alkanes) is 2. The van der Waals surface area contributed by atoms with Crippen molar-refractivity contribution in [1.29, 1.82) is 0 Å². The Kier molecular flexibility index (Phi) is 23.5. The zero-order chi connectivity index (χ0) is 28.7. The van der Waals surface area contributed by atoms with Gasteiger partial charge >= 0.3 is 17.6 Å². The number of hydrogen-bond donors (Lipinski definition) is 0. The molecule has 11 heteroatoms. The number of hydrogen-bond acceptors (Lipinski definition) is 7. The predicted octanol–water partition coefficient (Wildman–Crippen LogP) is 6.35. The van der Waals surface area contributed by atoms with Crippen LogP contribution in [0.4, 0.5) is 0 Å². The molecular formula is C27H60N2O6SSi2. The molecule has 0 saturated heterocycles. The molecule has 0 fully saturated rings. The monoisotopic (exact) mass is 596 g/mol. The minimum Gasteiger partial charge on any atom is -0.374 e. The molecular weight excluding hydrogens is 537 g/mol. The average Bonchev–Trinajstić information content (AvgIpc) is 2.88. The van der Waals surface area contributed by atoms with Crippen molar-refractivity contribution in [2.75, 3.05) is 65.8 Å². The maximum Gasteiger partial charge on any atom is 0.500 e. The predicted molar refractivity (Wildman–Crippen MR) is 166 cm³/mol. The molecule has 0 aliphatic rings. The minimum atomic E-state index is -2.70. The van der Waals surface area contributed by atoms with Crippen molar-refractivity contribution in [3.8, 4) is 0 Å². The van der Waals surface area contributed by atoms with Crippen LogP contribution in [0.2, 0.25) is 12.1 Å². The highest BCUT2D eigenvalue weighted by Gasteiger charge is 2.41. The van der Waals surface area contributed by atoms with Crippen molar-refractivity contribution < 1.29 is 26.6 Å². The van der Waals surface area contributed by atoms with Gasteiger partial charge in [-0.05, 0) is 79.4 Å². The highest BCUT2D eigenvalue weighted by atomic mass is 32.1. The summed E-state index contributed by atoms with van der Waals surface area (Å²) < 4.78 is 36.6. The van der Waals surface area contributed by atoms with Gasteiger partial charge in [-0.15, -0.1) is 0 Å². The SMILES string of the molecule is CCCCN(CCCC)C(=S)N(CCC[Si](OCC)(OCC)OCC)CCC[Si](OCC)(OCC)OCC. The molecule has 0 aliphatic carbocycles. The zero-order valence-corrected chi connectivity index (χ0v) is 28.8. The highest BCUT2D eigenvalue weighted by Crippen LogP contribution is 2.21. The number of thiocarbonyl (C=S) groups is 1. The maximum atomic E-state index is 6.13. The smallest absolute Gasteiger partial charge is 0.374 e. The van der Waals surface area contributed by atoms with Gasteiger partial charge in [-0.3, -0.25) is 0 Å². The van der Waals surface area contributed by atoms with E-state index in [4.69, 9.17) is 38.8 Å². The molecule has 0 aromatic heterocycles. The summed E-state index contributed by atoms with van der Waals surface area (Å²) in [6.07, 6.45) is 6.38. The van der Waals surface area contributed by atoms with E-state index in [1.165, 1.54) is 0 Å². The molecule has 228 valence electrons. The molecule has 0 aromatic rings. The van der Waals surface area contributed by atoms with Crippen LogP contribution in [0.5, 0.6) is 0 Å². The standard InChI is InChI=1S/C27H60N2O6SSi2/c1-9-17-21-28(22-18-10-2)27(36)29(23-19-25-37(30-11-3,31-12-4)32-13-5)24-20-26-38(33-14-6,34-15-7)35-16-8/h9-26H2,1-8H3. The molecule has 0 heterocycles. The van der Waals surface area contributed by atoms with Gasteiger partial charge in [-0.2, -0.15) is 0 Å². The summed E-state index contributed by atoms with van der Waals surface area (Å²) in [5, 5.41) is 0.944. The van der Waals surface area contributed by atoms with Gasteiger partial charge in [0.15, 0.2) is 5.11 Å². The topological polar surface area (TPSA) is 61.9 Å². The fourth-order valence-electron chi connectivity index (χ4n) is 4.48. The second-order valence-electron chi connectivity index (χ2n) is 9.13. The molecule has 0 amide bonds. The van der Waals surface area contributed by atoms with Crippen molar-refractivity contribution >= 4 is 34.9 Å². The van der Waals surface area contributed by atoms with E-state index >= 15 is 0 Å². The lowest BCUT2D eigenvalue weighted by molar-refractivity contribution is 0.0701. The van der Waals surface area contributed by atoms with Crippen LogP contribution in [-0.2, 0) is 26.6 Å². The van der Waals surface area contributed by atoms with Crippen LogP contribution >= 0.6 is 12.2 Å². The van der Waals surface area contributed by atoms with E-state index in [1.807, 2.05) is 41.5 Å². The maximum absolute atomic E-state index is 6.13. The first kappa shape index (κ1) is 37.9. The lowest BCUT2D eigenvalue weighted by Crippen LogP contribution is -2.49. The minimum absolute atomic E-state index is 0.592. The summed E-state index contributed by atoms with van der Waals surface area (Å²) >= 11 is 6.13. The van der Waals surface area contributed by atoms with Crippen molar-refractivity contribution in [1.82, 2.24) is 9.80 Å². The first-order valence-electron chi connectivity index (χ1n) is 15.2. The molecule has 0 aromatic carbocycles. The van der Waals surface area contributed by atoms with Gasteiger partial charge in [0.1, 0.15) is 0 Å². The Hall–Kier alpha value is -0.116. The lowest BCUT2D eigenvalue weighted by atomic mass is 10.2. The first-order chi connectivity index (χ1) is 18.4. The van der Waals surface area contributed by atoms with E-state index in [0.29, 0.717) is 39.6 Å². The second-order valence-corrected chi connectivity index (χ2v) is 15.0. The molecule has 38 heavy (non-hydrogen) atoms. The van der Waals surface area contributed by atoms with Crippen molar-refractivity contribution in [2.45, 2.75) is 106 Å². The van der Waals surface area contributed by atoms with Crippen molar-refractivity contribution in [3.05, 3.63) is 0 Å². The van der Waals surface area contributed by atoms with Crippen LogP contribution in [0.3, 0.4) is 0 Å². The molecule has 0 radical (unpaired) electrons. The van der Waals surface area contributed by atoms with Gasteiger partial charge < -0.3 is 36.4 Å². The van der Waals surface area contributed by atoms with E-state index in [0.717, 1.165) is 81.9 Å². The Bertz CT molecular complexity index is 506. The Balaban J connectivity index is 5.67. The molecule has 0 N–H and O–H groups in total. The Morgan fingerprint density at radius 3 is 0.974 bits per heavy atom. The van der Waals surface area contributed by atoms with Crippen molar-refractivity contribution in [2.24, 2.45) is 0 Å². The molecule has 0 aliphatic heterocycles. The summed E-state index contributed by atoms with van der Waals surface area (Å²) in [7, 11) is -5.39. The average molecular weight is 597 g/mol. The van der Waals surface area contributed by atoms with E-state index in [-0.39, 0.29) is 0 Å². The summed E-state index contributed by atoms with van der Waals surface area (Å²) in [6.45, 7) is 23.7. The van der Waals surface area contributed by atoms with E-state index in [2.05, 4.69) is 23.6 Å². The van der Waals surface area contributed by atoms with Crippen LogP contribution < -0.4 is 0 Å².